The Morgan fingerprint density at radius 3 is 2.29 bits per heavy atom. The van der Waals surface area contributed by atoms with Crippen LogP contribution in [0.15, 0.2) is 60.8 Å². The van der Waals surface area contributed by atoms with Crippen molar-refractivity contribution in [2.45, 2.75) is 6.18 Å². The molecule has 5 heteroatoms. The fourth-order valence-electron chi connectivity index (χ4n) is 2.05. The third kappa shape index (κ3) is 2.97. The van der Waals surface area contributed by atoms with Crippen molar-refractivity contribution in [2.24, 2.45) is 0 Å². The molecule has 0 saturated heterocycles. The lowest BCUT2D eigenvalue weighted by Gasteiger charge is -2.10. The topological polar surface area (TPSA) is 24.9 Å². The van der Waals surface area contributed by atoms with Crippen LogP contribution in [0.2, 0.25) is 0 Å². The van der Waals surface area contributed by atoms with Crippen LogP contribution in [0.25, 0.3) is 10.9 Å². The second kappa shape index (κ2) is 5.09. The first-order chi connectivity index (χ1) is 10.0. The highest BCUT2D eigenvalue weighted by Crippen LogP contribution is 2.30. The second-order valence-corrected chi connectivity index (χ2v) is 4.62. The zero-order chi connectivity index (χ0) is 14.9. The van der Waals surface area contributed by atoms with Crippen LogP contribution in [0, 0.1) is 0 Å². The summed E-state index contributed by atoms with van der Waals surface area (Å²) in [6.45, 7) is 0. The Morgan fingerprint density at radius 1 is 0.857 bits per heavy atom. The van der Waals surface area contributed by atoms with Crippen molar-refractivity contribution in [3.8, 4) is 0 Å². The monoisotopic (exact) mass is 288 g/mol. The molecule has 2 aromatic carbocycles. The van der Waals surface area contributed by atoms with Gasteiger partial charge in [0, 0.05) is 11.1 Å². The SMILES string of the molecule is FC(F)(F)c1ccc(Nc2cnc3ccccc3c2)cc1. The predicted octanol–water partition coefficient (Wildman–Crippen LogP) is 5.00. The van der Waals surface area contributed by atoms with Gasteiger partial charge in [0.1, 0.15) is 0 Å². The van der Waals surface area contributed by atoms with Gasteiger partial charge in [-0.3, -0.25) is 4.98 Å². The molecular formula is C16H11F3N2. The van der Waals surface area contributed by atoms with E-state index in [2.05, 4.69) is 10.3 Å². The first kappa shape index (κ1) is 13.4. The highest BCUT2D eigenvalue weighted by molar-refractivity contribution is 5.82. The van der Waals surface area contributed by atoms with Crippen molar-refractivity contribution in [1.82, 2.24) is 4.98 Å². The Kier molecular flexibility index (Phi) is 3.25. The minimum Gasteiger partial charge on any atom is -0.354 e. The first-order valence-corrected chi connectivity index (χ1v) is 6.31. The Labute approximate surface area is 119 Å². The molecule has 0 fully saturated rings. The number of anilines is 2. The summed E-state index contributed by atoms with van der Waals surface area (Å²) in [7, 11) is 0. The number of benzene rings is 2. The molecule has 21 heavy (non-hydrogen) atoms. The molecule has 0 unspecified atom stereocenters. The summed E-state index contributed by atoms with van der Waals surface area (Å²) < 4.78 is 37.5. The molecule has 0 spiro atoms. The smallest absolute Gasteiger partial charge is 0.354 e. The predicted molar refractivity (Wildman–Crippen MR) is 76.5 cm³/mol. The first-order valence-electron chi connectivity index (χ1n) is 6.31. The largest absolute Gasteiger partial charge is 0.416 e. The lowest BCUT2D eigenvalue weighted by molar-refractivity contribution is -0.137. The van der Waals surface area contributed by atoms with Gasteiger partial charge >= 0.3 is 6.18 Å². The Morgan fingerprint density at radius 2 is 1.57 bits per heavy atom. The maximum atomic E-state index is 12.5. The van der Waals surface area contributed by atoms with Crippen LogP contribution in [-0.4, -0.2) is 4.98 Å². The van der Waals surface area contributed by atoms with Gasteiger partial charge in [0.25, 0.3) is 0 Å². The summed E-state index contributed by atoms with van der Waals surface area (Å²) in [5.74, 6) is 0. The normalized spacial score (nSPS) is 11.6. The number of alkyl halides is 3. The van der Waals surface area contributed by atoms with Crippen LogP contribution in [0.3, 0.4) is 0 Å². The molecule has 0 atom stereocenters. The number of fused-ring (bicyclic) bond motifs is 1. The number of para-hydroxylation sites is 1. The summed E-state index contributed by atoms with van der Waals surface area (Å²) in [4.78, 5) is 4.29. The van der Waals surface area contributed by atoms with E-state index in [0.29, 0.717) is 5.69 Å². The van der Waals surface area contributed by atoms with Crippen LogP contribution in [-0.2, 0) is 6.18 Å². The van der Waals surface area contributed by atoms with E-state index < -0.39 is 11.7 Å². The maximum Gasteiger partial charge on any atom is 0.416 e. The molecule has 2 nitrogen and oxygen atoms in total. The van der Waals surface area contributed by atoms with Gasteiger partial charge in [-0.05, 0) is 36.4 Å². The lowest BCUT2D eigenvalue weighted by Crippen LogP contribution is -2.04. The molecule has 3 aromatic rings. The average molecular weight is 288 g/mol. The Balaban J connectivity index is 1.84. The van der Waals surface area contributed by atoms with E-state index in [1.165, 1.54) is 12.1 Å². The molecule has 0 aliphatic heterocycles. The van der Waals surface area contributed by atoms with Crippen LogP contribution in [0.5, 0.6) is 0 Å². The van der Waals surface area contributed by atoms with Gasteiger partial charge in [-0.2, -0.15) is 13.2 Å². The van der Waals surface area contributed by atoms with Gasteiger partial charge in [-0.1, -0.05) is 18.2 Å². The van der Waals surface area contributed by atoms with E-state index in [0.717, 1.165) is 28.7 Å². The highest BCUT2D eigenvalue weighted by Gasteiger charge is 2.29. The lowest BCUT2D eigenvalue weighted by atomic mass is 10.2. The Bertz CT molecular complexity index is 764. The molecule has 0 aliphatic rings. The number of nitrogens with zero attached hydrogens (tertiary/aromatic N) is 1. The minimum atomic E-state index is -4.32. The van der Waals surface area contributed by atoms with Gasteiger partial charge in [-0.25, -0.2) is 0 Å². The molecule has 106 valence electrons. The van der Waals surface area contributed by atoms with Crippen molar-refractivity contribution in [1.29, 1.82) is 0 Å². The number of nitrogens with one attached hydrogen (secondary N) is 1. The number of hydrogen-bond acceptors (Lipinski definition) is 2. The molecule has 0 radical (unpaired) electrons. The van der Waals surface area contributed by atoms with Crippen LogP contribution in [0.4, 0.5) is 24.5 Å². The Hall–Kier alpha value is -2.56. The third-order valence-electron chi connectivity index (χ3n) is 3.09. The van der Waals surface area contributed by atoms with E-state index in [9.17, 15) is 13.2 Å². The molecule has 1 heterocycles. The van der Waals surface area contributed by atoms with Crippen molar-refractivity contribution < 1.29 is 13.2 Å². The number of aromatic nitrogens is 1. The van der Waals surface area contributed by atoms with Gasteiger partial charge in [0.2, 0.25) is 0 Å². The fraction of sp³-hybridized carbons (Fsp3) is 0.0625. The summed E-state index contributed by atoms with van der Waals surface area (Å²) in [5, 5.41) is 4.01. The quantitative estimate of drug-likeness (QED) is 0.718. The van der Waals surface area contributed by atoms with E-state index >= 15 is 0 Å². The summed E-state index contributed by atoms with van der Waals surface area (Å²) in [5.41, 5.74) is 1.52. The van der Waals surface area contributed by atoms with Crippen molar-refractivity contribution in [2.75, 3.05) is 5.32 Å². The zero-order valence-corrected chi connectivity index (χ0v) is 10.9. The maximum absolute atomic E-state index is 12.5. The minimum absolute atomic E-state index is 0.583. The van der Waals surface area contributed by atoms with E-state index in [-0.39, 0.29) is 0 Å². The van der Waals surface area contributed by atoms with Crippen molar-refractivity contribution in [3.63, 3.8) is 0 Å². The number of hydrogen-bond donors (Lipinski definition) is 1. The number of rotatable bonds is 2. The van der Waals surface area contributed by atoms with E-state index in [4.69, 9.17) is 0 Å². The molecule has 3 rings (SSSR count). The van der Waals surface area contributed by atoms with Gasteiger partial charge in [0.05, 0.1) is 23.0 Å². The highest BCUT2D eigenvalue weighted by atomic mass is 19.4. The van der Waals surface area contributed by atoms with Gasteiger partial charge in [-0.15, -0.1) is 0 Å². The standard InChI is InChI=1S/C16H11F3N2/c17-16(18,19)12-5-7-13(8-6-12)21-14-9-11-3-1-2-4-15(11)20-10-14/h1-10,21H. The second-order valence-electron chi connectivity index (χ2n) is 4.62. The molecule has 0 aliphatic carbocycles. The number of pyridine rings is 1. The number of halogens is 3. The summed E-state index contributed by atoms with van der Waals surface area (Å²) >= 11 is 0. The third-order valence-corrected chi connectivity index (χ3v) is 3.09. The van der Waals surface area contributed by atoms with Gasteiger partial charge in [0.15, 0.2) is 0 Å². The summed E-state index contributed by atoms with van der Waals surface area (Å²) in [6, 6.07) is 14.4. The van der Waals surface area contributed by atoms with Gasteiger partial charge < -0.3 is 5.32 Å². The molecule has 1 N–H and O–H groups in total. The zero-order valence-electron chi connectivity index (χ0n) is 10.9. The van der Waals surface area contributed by atoms with Crippen LogP contribution >= 0.6 is 0 Å². The van der Waals surface area contributed by atoms with Crippen LogP contribution in [0.1, 0.15) is 5.56 Å². The van der Waals surface area contributed by atoms with E-state index in [1.807, 2.05) is 30.3 Å². The van der Waals surface area contributed by atoms with Crippen molar-refractivity contribution in [3.05, 3.63) is 66.4 Å². The molecular weight excluding hydrogens is 277 g/mol. The van der Waals surface area contributed by atoms with Crippen LogP contribution < -0.4 is 5.32 Å². The van der Waals surface area contributed by atoms with Crippen molar-refractivity contribution >= 4 is 22.3 Å². The molecule has 0 saturated carbocycles. The fourth-order valence-corrected chi connectivity index (χ4v) is 2.05. The summed E-state index contributed by atoms with van der Waals surface area (Å²) in [6.07, 6.45) is -2.66. The molecule has 1 aromatic heterocycles. The van der Waals surface area contributed by atoms with E-state index in [1.54, 1.807) is 6.20 Å². The average Bonchev–Trinajstić information content (AvgIpc) is 2.47. The molecule has 0 bridgehead atoms. The molecule has 0 amide bonds.